The van der Waals surface area contributed by atoms with Gasteiger partial charge >= 0.3 is 0 Å². The summed E-state index contributed by atoms with van der Waals surface area (Å²) < 4.78 is 27.8. The van der Waals surface area contributed by atoms with Crippen molar-refractivity contribution in [2.24, 2.45) is 5.92 Å². The zero-order valence-corrected chi connectivity index (χ0v) is 11.8. The zero-order chi connectivity index (χ0) is 13.1. The molecular weight excluding hydrogens is 262 g/mol. The van der Waals surface area contributed by atoms with Crippen molar-refractivity contribution in [3.63, 3.8) is 0 Å². The first kappa shape index (κ1) is 14.3. The number of alkyl halides is 1. The number of nitrogens with zero attached hydrogens (tertiary/aromatic N) is 2. The van der Waals surface area contributed by atoms with E-state index < -0.39 is 10.0 Å². The lowest BCUT2D eigenvalue weighted by molar-refractivity contribution is 0.538. The molecule has 17 heavy (non-hydrogen) atoms. The van der Waals surface area contributed by atoms with Crippen LogP contribution >= 0.6 is 11.6 Å². The van der Waals surface area contributed by atoms with Gasteiger partial charge in [-0.1, -0.05) is 6.92 Å². The minimum atomic E-state index is -3.37. The van der Waals surface area contributed by atoms with Gasteiger partial charge in [0.25, 0.3) is 0 Å². The summed E-state index contributed by atoms with van der Waals surface area (Å²) >= 11 is 5.61. The van der Waals surface area contributed by atoms with Gasteiger partial charge in [-0.25, -0.2) is 13.1 Å². The van der Waals surface area contributed by atoms with Crippen LogP contribution in [-0.2, 0) is 10.0 Å². The lowest BCUT2D eigenvalue weighted by Gasteiger charge is -2.14. The van der Waals surface area contributed by atoms with Gasteiger partial charge in [0.15, 0.2) is 0 Å². The molecule has 0 fully saturated rings. The van der Waals surface area contributed by atoms with Gasteiger partial charge in [0.1, 0.15) is 5.82 Å². The lowest BCUT2D eigenvalue weighted by atomic mass is 10.3. The number of rotatable bonds is 6. The molecule has 1 unspecified atom stereocenters. The summed E-state index contributed by atoms with van der Waals surface area (Å²) in [5.74, 6) is 0.746. The van der Waals surface area contributed by atoms with Crippen molar-refractivity contribution < 1.29 is 8.42 Å². The van der Waals surface area contributed by atoms with Crippen LogP contribution in [0.25, 0.3) is 0 Å². The Balaban J connectivity index is 2.80. The van der Waals surface area contributed by atoms with Crippen LogP contribution in [-0.4, -0.2) is 29.8 Å². The van der Waals surface area contributed by atoms with Crippen LogP contribution in [0.3, 0.4) is 0 Å². The maximum absolute atomic E-state index is 11.8. The van der Waals surface area contributed by atoms with Gasteiger partial charge in [0.2, 0.25) is 10.0 Å². The van der Waals surface area contributed by atoms with Crippen LogP contribution in [0.4, 0.5) is 5.82 Å². The normalized spacial score (nSPS) is 13.9. The molecular formula is C10H18ClN3O2S. The largest absolute Gasteiger partial charge is 0.268 e. The van der Waals surface area contributed by atoms with E-state index in [-0.39, 0.29) is 17.7 Å². The minimum absolute atomic E-state index is 0.0137. The quantitative estimate of drug-likeness (QED) is 0.811. The van der Waals surface area contributed by atoms with Crippen LogP contribution in [0.15, 0.2) is 12.3 Å². The highest BCUT2D eigenvalue weighted by Gasteiger charge is 2.17. The maximum atomic E-state index is 11.8. The number of hydrogen-bond donors (Lipinski definition) is 1. The molecule has 0 aliphatic heterocycles. The summed E-state index contributed by atoms with van der Waals surface area (Å²) in [7, 11) is -3.37. The maximum Gasteiger partial charge on any atom is 0.234 e. The molecule has 0 bridgehead atoms. The molecule has 1 atom stereocenters. The fourth-order valence-electron chi connectivity index (χ4n) is 1.43. The Hall–Kier alpha value is -0.750. The van der Waals surface area contributed by atoms with Crippen LogP contribution in [0.1, 0.15) is 26.8 Å². The second-order valence-corrected chi connectivity index (χ2v) is 6.47. The Morgan fingerprint density at radius 1 is 1.47 bits per heavy atom. The molecule has 1 heterocycles. The van der Waals surface area contributed by atoms with Crippen molar-refractivity contribution >= 4 is 27.4 Å². The molecule has 0 amide bonds. The third-order valence-corrected chi connectivity index (χ3v) is 4.24. The number of nitrogens with one attached hydrogen (secondary N) is 1. The highest BCUT2D eigenvalue weighted by atomic mass is 35.5. The third-order valence-electron chi connectivity index (χ3n) is 2.19. The SMILES string of the molecule is CC(CCl)CS(=O)(=O)Nc1ccnn1C(C)C. The van der Waals surface area contributed by atoms with Crippen LogP contribution in [0.2, 0.25) is 0 Å². The van der Waals surface area contributed by atoms with Crippen molar-refractivity contribution in [3.8, 4) is 0 Å². The summed E-state index contributed by atoms with van der Waals surface area (Å²) in [6.07, 6.45) is 1.57. The standard InChI is InChI=1S/C10H18ClN3O2S/c1-8(2)14-10(4-5-12-14)13-17(15,16)7-9(3)6-11/h4-5,8-9,13H,6-7H2,1-3H3. The van der Waals surface area contributed by atoms with Crippen molar-refractivity contribution in [2.75, 3.05) is 16.4 Å². The molecule has 5 nitrogen and oxygen atoms in total. The van der Waals surface area contributed by atoms with E-state index in [0.29, 0.717) is 11.7 Å². The fraction of sp³-hybridized carbons (Fsp3) is 0.700. The number of halogens is 1. The van der Waals surface area contributed by atoms with E-state index in [9.17, 15) is 8.42 Å². The summed E-state index contributed by atoms with van der Waals surface area (Å²) in [6, 6.07) is 1.75. The van der Waals surface area contributed by atoms with E-state index in [1.807, 2.05) is 13.8 Å². The van der Waals surface area contributed by atoms with Crippen molar-refractivity contribution in [3.05, 3.63) is 12.3 Å². The van der Waals surface area contributed by atoms with Gasteiger partial charge in [0.05, 0.1) is 11.9 Å². The molecule has 0 spiro atoms. The fourth-order valence-corrected chi connectivity index (χ4v) is 3.10. The predicted octanol–water partition coefficient (Wildman–Crippen LogP) is 2.08. The van der Waals surface area contributed by atoms with E-state index >= 15 is 0 Å². The number of aromatic nitrogens is 2. The second-order valence-electron chi connectivity index (χ2n) is 4.40. The predicted molar refractivity (Wildman–Crippen MR) is 69.9 cm³/mol. The van der Waals surface area contributed by atoms with Crippen LogP contribution in [0.5, 0.6) is 0 Å². The number of sulfonamides is 1. The number of hydrogen-bond acceptors (Lipinski definition) is 3. The molecule has 98 valence electrons. The molecule has 0 aromatic carbocycles. The van der Waals surface area contributed by atoms with Crippen molar-refractivity contribution in [2.45, 2.75) is 26.8 Å². The highest BCUT2D eigenvalue weighted by molar-refractivity contribution is 7.92. The van der Waals surface area contributed by atoms with E-state index in [0.717, 1.165) is 0 Å². The first-order valence-corrected chi connectivity index (χ1v) is 7.64. The molecule has 7 heteroatoms. The summed E-state index contributed by atoms with van der Waals surface area (Å²) in [5.41, 5.74) is 0. The summed E-state index contributed by atoms with van der Waals surface area (Å²) in [4.78, 5) is 0. The molecule has 1 aromatic rings. The molecule has 1 N–H and O–H groups in total. The van der Waals surface area contributed by atoms with Crippen molar-refractivity contribution in [1.82, 2.24) is 9.78 Å². The smallest absolute Gasteiger partial charge is 0.234 e. The topological polar surface area (TPSA) is 64.0 Å². The molecule has 0 saturated heterocycles. The lowest BCUT2D eigenvalue weighted by Crippen LogP contribution is -2.24. The Morgan fingerprint density at radius 3 is 2.65 bits per heavy atom. The van der Waals surface area contributed by atoms with Gasteiger partial charge in [-0.05, 0) is 19.8 Å². The Bertz CT molecular complexity index is 456. The van der Waals surface area contributed by atoms with E-state index in [1.54, 1.807) is 23.9 Å². The van der Waals surface area contributed by atoms with Crippen LogP contribution < -0.4 is 4.72 Å². The van der Waals surface area contributed by atoms with E-state index in [2.05, 4.69) is 9.82 Å². The average Bonchev–Trinajstić information content (AvgIpc) is 2.64. The Morgan fingerprint density at radius 2 is 2.12 bits per heavy atom. The van der Waals surface area contributed by atoms with Gasteiger partial charge in [-0.15, -0.1) is 11.6 Å². The molecule has 0 radical (unpaired) electrons. The average molecular weight is 280 g/mol. The van der Waals surface area contributed by atoms with Crippen molar-refractivity contribution in [1.29, 1.82) is 0 Å². The molecule has 0 aliphatic rings. The van der Waals surface area contributed by atoms with E-state index in [4.69, 9.17) is 11.6 Å². The highest BCUT2D eigenvalue weighted by Crippen LogP contribution is 2.15. The monoisotopic (exact) mass is 279 g/mol. The van der Waals surface area contributed by atoms with Crippen LogP contribution in [0, 0.1) is 5.92 Å². The molecule has 1 aromatic heterocycles. The molecule has 0 aliphatic carbocycles. The molecule has 0 saturated carbocycles. The Kier molecular flexibility index (Phi) is 4.82. The summed E-state index contributed by atoms with van der Waals surface area (Å²) in [6.45, 7) is 5.67. The summed E-state index contributed by atoms with van der Waals surface area (Å²) in [5, 5.41) is 4.06. The third kappa shape index (κ3) is 4.20. The van der Waals surface area contributed by atoms with Gasteiger partial charge in [-0.2, -0.15) is 5.10 Å². The van der Waals surface area contributed by atoms with Gasteiger partial charge in [0, 0.05) is 18.0 Å². The first-order valence-electron chi connectivity index (χ1n) is 5.45. The Labute approximate surface area is 107 Å². The number of anilines is 1. The zero-order valence-electron chi connectivity index (χ0n) is 10.2. The minimum Gasteiger partial charge on any atom is -0.268 e. The first-order chi connectivity index (χ1) is 7.85. The van der Waals surface area contributed by atoms with Gasteiger partial charge in [-0.3, -0.25) is 4.72 Å². The molecule has 1 rings (SSSR count). The van der Waals surface area contributed by atoms with E-state index in [1.165, 1.54) is 0 Å². The van der Waals surface area contributed by atoms with Gasteiger partial charge < -0.3 is 0 Å². The second kappa shape index (κ2) is 5.73.